The number of carbonyl (C=O) groups excluding carboxylic acids is 1. The van der Waals surface area contributed by atoms with Gasteiger partial charge in [-0.1, -0.05) is 0 Å². The van der Waals surface area contributed by atoms with Crippen LogP contribution < -0.4 is 0 Å². The van der Waals surface area contributed by atoms with Gasteiger partial charge in [-0.05, 0) is 18.1 Å². The average molecular weight is 243 g/mol. The monoisotopic (exact) mass is 243 g/mol. The standard InChI is InChI=1S/C9H16N4O4/c14-9(8-2-1-7-17-8)11-3-5-12(6-4-11)13(16)10-15/h8,15H,1-7H2/p-1/b13-10-. The normalized spacial score (nSPS) is 26.4. The molecular weight excluding hydrogens is 228 g/mol. The number of carbonyl (C=O) groups is 1. The zero-order chi connectivity index (χ0) is 12.3. The van der Waals surface area contributed by atoms with Crippen molar-refractivity contribution in [1.82, 2.24) is 9.91 Å². The molecule has 0 radical (unpaired) electrons. The molecule has 0 N–H and O–H groups in total. The van der Waals surface area contributed by atoms with Crippen molar-refractivity contribution in [3.8, 4) is 0 Å². The van der Waals surface area contributed by atoms with Crippen molar-refractivity contribution in [2.75, 3.05) is 32.8 Å². The predicted molar refractivity (Wildman–Crippen MR) is 56.5 cm³/mol. The molecule has 2 rings (SSSR count). The summed E-state index contributed by atoms with van der Waals surface area (Å²) in [7, 11) is 0. The number of ether oxygens (including phenoxy) is 1. The van der Waals surface area contributed by atoms with Crippen LogP contribution in [0.25, 0.3) is 0 Å². The largest absolute Gasteiger partial charge is 0.737 e. The summed E-state index contributed by atoms with van der Waals surface area (Å²) in [5.41, 5.74) is 0. The van der Waals surface area contributed by atoms with Crippen LogP contribution in [0.15, 0.2) is 5.28 Å². The third-order valence-electron chi connectivity index (χ3n) is 3.08. The van der Waals surface area contributed by atoms with Crippen LogP contribution in [0.3, 0.4) is 0 Å². The van der Waals surface area contributed by atoms with Crippen LogP contribution in [0, 0.1) is 10.4 Å². The molecular formula is C9H15N4O4-. The SMILES string of the molecule is O=C(C1CCCO1)N1CCN(/[N+]([O-])=N/[O-])CC1. The Morgan fingerprint density at radius 1 is 1.35 bits per heavy atom. The molecule has 0 aromatic heterocycles. The topological polar surface area (TPSA) is 94.3 Å². The van der Waals surface area contributed by atoms with Gasteiger partial charge >= 0.3 is 0 Å². The predicted octanol–water partition coefficient (Wildman–Crippen LogP) is -0.315. The highest BCUT2D eigenvalue weighted by molar-refractivity contribution is 5.81. The first-order valence-electron chi connectivity index (χ1n) is 5.68. The Kier molecular flexibility index (Phi) is 3.62. The van der Waals surface area contributed by atoms with E-state index in [1.807, 2.05) is 0 Å². The Balaban J connectivity index is 1.84. The van der Waals surface area contributed by atoms with Gasteiger partial charge in [0.15, 0.2) is 0 Å². The maximum atomic E-state index is 12.0. The second kappa shape index (κ2) is 5.17. The van der Waals surface area contributed by atoms with Gasteiger partial charge in [-0.25, -0.2) is 0 Å². The molecule has 17 heavy (non-hydrogen) atoms. The molecule has 2 fully saturated rings. The lowest BCUT2D eigenvalue weighted by molar-refractivity contribution is -0.692. The van der Waals surface area contributed by atoms with Crippen molar-refractivity contribution >= 4 is 5.91 Å². The van der Waals surface area contributed by atoms with Crippen LogP contribution in [0.1, 0.15) is 12.8 Å². The molecule has 2 heterocycles. The molecule has 0 bridgehead atoms. The van der Waals surface area contributed by atoms with E-state index in [2.05, 4.69) is 5.28 Å². The maximum absolute atomic E-state index is 12.0. The maximum Gasteiger partial charge on any atom is 0.251 e. The number of rotatable bonds is 2. The molecule has 1 amide bonds. The lowest BCUT2D eigenvalue weighted by Gasteiger charge is -2.33. The Bertz CT molecular complexity index is 308. The molecule has 8 heteroatoms. The van der Waals surface area contributed by atoms with Crippen molar-refractivity contribution in [1.29, 1.82) is 0 Å². The van der Waals surface area contributed by atoms with Crippen LogP contribution in [0.4, 0.5) is 0 Å². The van der Waals surface area contributed by atoms with Crippen LogP contribution >= 0.6 is 0 Å². The van der Waals surface area contributed by atoms with Crippen LogP contribution in [0.2, 0.25) is 0 Å². The Morgan fingerprint density at radius 3 is 2.59 bits per heavy atom. The third-order valence-corrected chi connectivity index (χ3v) is 3.08. The molecule has 2 aliphatic heterocycles. The van der Waals surface area contributed by atoms with Crippen LogP contribution in [-0.4, -0.2) is 59.7 Å². The van der Waals surface area contributed by atoms with Gasteiger partial charge in [0.05, 0.1) is 13.1 Å². The van der Waals surface area contributed by atoms with Gasteiger partial charge in [-0.2, -0.15) is 0 Å². The first kappa shape index (κ1) is 11.9. The zero-order valence-corrected chi connectivity index (χ0v) is 9.45. The van der Waals surface area contributed by atoms with E-state index in [9.17, 15) is 15.2 Å². The van der Waals surface area contributed by atoms with Crippen molar-refractivity contribution in [2.45, 2.75) is 18.9 Å². The molecule has 96 valence electrons. The molecule has 0 aromatic carbocycles. The van der Waals surface area contributed by atoms with Gasteiger partial charge in [0.2, 0.25) is 0 Å². The fraction of sp³-hybridized carbons (Fsp3) is 0.889. The smallest absolute Gasteiger partial charge is 0.251 e. The van der Waals surface area contributed by atoms with Crippen molar-refractivity contribution < 1.29 is 14.5 Å². The molecule has 2 saturated heterocycles. The van der Waals surface area contributed by atoms with Crippen molar-refractivity contribution in [3.63, 3.8) is 0 Å². The molecule has 0 saturated carbocycles. The minimum absolute atomic E-state index is 0.0151. The number of amides is 1. The van der Waals surface area contributed by atoms with Crippen LogP contribution in [-0.2, 0) is 9.53 Å². The molecule has 2 aliphatic rings. The minimum Gasteiger partial charge on any atom is -0.737 e. The molecule has 0 spiro atoms. The summed E-state index contributed by atoms with van der Waals surface area (Å²) in [5, 5.41) is 24.5. The van der Waals surface area contributed by atoms with E-state index in [0.717, 1.165) is 12.8 Å². The first-order chi connectivity index (χ1) is 8.22. The van der Waals surface area contributed by atoms with Gasteiger partial charge in [0.25, 0.3) is 5.91 Å². The fourth-order valence-corrected chi connectivity index (χ4v) is 2.12. The van der Waals surface area contributed by atoms with Crippen LogP contribution in [0.5, 0.6) is 0 Å². The number of piperazine rings is 1. The highest BCUT2D eigenvalue weighted by atomic mass is 16.6. The first-order valence-corrected chi connectivity index (χ1v) is 5.68. The minimum atomic E-state index is -0.325. The summed E-state index contributed by atoms with van der Waals surface area (Å²) in [4.78, 5) is 13.7. The fourth-order valence-electron chi connectivity index (χ4n) is 2.12. The summed E-state index contributed by atoms with van der Waals surface area (Å²) < 4.78 is 5.32. The third kappa shape index (κ3) is 2.57. The van der Waals surface area contributed by atoms with E-state index < -0.39 is 0 Å². The van der Waals surface area contributed by atoms with E-state index in [1.54, 1.807) is 4.90 Å². The molecule has 0 aliphatic carbocycles. The molecule has 8 nitrogen and oxygen atoms in total. The van der Waals surface area contributed by atoms with E-state index in [4.69, 9.17) is 4.74 Å². The second-order valence-corrected chi connectivity index (χ2v) is 4.12. The van der Waals surface area contributed by atoms with Crippen molar-refractivity contribution in [3.05, 3.63) is 10.4 Å². The average Bonchev–Trinajstić information content (AvgIpc) is 2.91. The van der Waals surface area contributed by atoms with Crippen molar-refractivity contribution in [2.24, 2.45) is 5.28 Å². The molecule has 0 aromatic rings. The Hall–Kier alpha value is -1.57. The Labute approximate surface area is 98.6 Å². The lowest BCUT2D eigenvalue weighted by Crippen LogP contribution is -2.52. The lowest BCUT2D eigenvalue weighted by atomic mass is 10.2. The van der Waals surface area contributed by atoms with Gasteiger partial charge in [-0.3, -0.25) is 4.79 Å². The quantitative estimate of drug-likeness (QED) is 0.376. The highest BCUT2D eigenvalue weighted by Gasteiger charge is 2.31. The number of hydrogen-bond acceptors (Lipinski definition) is 5. The highest BCUT2D eigenvalue weighted by Crippen LogP contribution is 2.15. The molecule has 1 unspecified atom stereocenters. The number of nitrogens with zero attached hydrogens (tertiary/aromatic N) is 4. The number of hydrazine groups is 1. The summed E-state index contributed by atoms with van der Waals surface area (Å²) >= 11 is 0. The van der Waals surface area contributed by atoms with E-state index in [-0.39, 0.29) is 17.0 Å². The van der Waals surface area contributed by atoms with E-state index in [0.29, 0.717) is 32.8 Å². The Morgan fingerprint density at radius 2 is 2.06 bits per heavy atom. The molecule has 1 atom stereocenters. The van der Waals surface area contributed by atoms with E-state index in [1.165, 1.54) is 5.01 Å². The number of hydrogen-bond donors (Lipinski definition) is 0. The second-order valence-electron chi connectivity index (χ2n) is 4.12. The van der Waals surface area contributed by atoms with Gasteiger partial charge in [-0.15, -0.1) is 5.01 Å². The summed E-state index contributed by atoms with van der Waals surface area (Å²) in [6.45, 7) is 2.14. The van der Waals surface area contributed by atoms with Gasteiger partial charge in [0.1, 0.15) is 6.10 Å². The van der Waals surface area contributed by atoms with Gasteiger partial charge in [0, 0.05) is 24.7 Å². The summed E-state index contributed by atoms with van der Waals surface area (Å²) in [6, 6.07) is 0. The summed E-state index contributed by atoms with van der Waals surface area (Å²) in [5.74, 6) is -0.0151. The van der Waals surface area contributed by atoms with Gasteiger partial charge < -0.3 is 20.1 Å². The summed E-state index contributed by atoms with van der Waals surface area (Å²) in [6.07, 6.45) is 1.36. The zero-order valence-electron chi connectivity index (χ0n) is 9.45. The van der Waals surface area contributed by atoms with E-state index >= 15 is 0 Å².